The third kappa shape index (κ3) is 4.94. The Hall–Kier alpha value is -0.120. The van der Waals surface area contributed by atoms with Crippen LogP contribution < -0.4 is 5.32 Å². The molecule has 1 aliphatic rings. The van der Waals surface area contributed by atoms with Crippen LogP contribution in [0, 0.1) is 11.3 Å². The van der Waals surface area contributed by atoms with E-state index >= 15 is 0 Å². The molecule has 0 aromatic heterocycles. The molecule has 0 aromatic carbocycles. The number of rotatable bonds is 7. The van der Waals surface area contributed by atoms with Crippen molar-refractivity contribution < 1.29 is 4.74 Å². The smallest absolute Gasteiger partial charge is 0.0472 e. The van der Waals surface area contributed by atoms with Crippen molar-refractivity contribution in [2.45, 2.75) is 33.1 Å². The van der Waals surface area contributed by atoms with E-state index in [0.29, 0.717) is 5.41 Å². The minimum Gasteiger partial charge on any atom is -0.381 e. The summed E-state index contributed by atoms with van der Waals surface area (Å²) in [6.45, 7) is 9.99. The molecule has 3 nitrogen and oxygen atoms in total. The van der Waals surface area contributed by atoms with Gasteiger partial charge in [0.05, 0.1) is 0 Å². The van der Waals surface area contributed by atoms with Gasteiger partial charge in [0.25, 0.3) is 0 Å². The first kappa shape index (κ1) is 14.9. The zero-order valence-electron chi connectivity index (χ0n) is 12.1. The highest BCUT2D eigenvalue weighted by atomic mass is 16.5. The maximum Gasteiger partial charge on any atom is 0.0472 e. The molecular formula is C14H30N2O. The van der Waals surface area contributed by atoms with Crippen LogP contribution in [0.3, 0.4) is 0 Å². The van der Waals surface area contributed by atoms with Crippen LogP contribution in [0.4, 0.5) is 0 Å². The predicted octanol–water partition coefficient (Wildman–Crippen LogP) is 1.98. The fraction of sp³-hybridized carbons (Fsp3) is 1.00. The first-order valence-corrected chi connectivity index (χ1v) is 7.03. The standard InChI is InChI=1S/C14H30N2O/c1-5-13(2)10-16(4)12-14(11-15-3)6-8-17-9-7-14/h13,15H,5-12H2,1-4H3. The van der Waals surface area contributed by atoms with E-state index in [1.165, 1.54) is 32.4 Å². The summed E-state index contributed by atoms with van der Waals surface area (Å²) < 4.78 is 5.51. The largest absolute Gasteiger partial charge is 0.381 e. The van der Waals surface area contributed by atoms with Crippen molar-refractivity contribution >= 4 is 0 Å². The first-order valence-electron chi connectivity index (χ1n) is 7.03. The monoisotopic (exact) mass is 242 g/mol. The molecule has 0 saturated carbocycles. The normalized spacial score (nSPS) is 21.7. The lowest BCUT2D eigenvalue weighted by atomic mass is 9.79. The molecule has 0 bridgehead atoms. The van der Waals surface area contributed by atoms with Crippen molar-refractivity contribution in [3.05, 3.63) is 0 Å². The van der Waals surface area contributed by atoms with Crippen LogP contribution in [0.5, 0.6) is 0 Å². The Morgan fingerprint density at radius 2 is 2.00 bits per heavy atom. The maximum atomic E-state index is 5.51. The summed E-state index contributed by atoms with van der Waals surface area (Å²) in [7, 11) is 4.32. The van der Waals surface area contributed by atoms with Gasteiger partial charge >= 0.3 is 0 Å². The average molecular weight is 242 g/mol. The van der Waals surface area contributed by atoms with Crippen LogP contribution in [0.15, 0.2) is 0 Å². The third-order valence-corrected chi connectivity index (χ3v) is 4.03. The van der Waals surface area contributed by atoms with Gasteiger partial charge in [0.15, 0.2) is 0 Å². The second kappa shape index (κ2) is 7.34. The van der Waals surface area contributed by atoms with E-state index in [4.69, 9.17) is 4.74 Å². The van der Waals surface area contributed by atoms with Gasteiger partial charge in [0, 0.05) is 32.8 Å². The van der Waals surface area contributed by atoms with Crippen molar-refractivity contribution in [1.29, 1.82) is 0 Å². The van der Waals surface area contributed by atoms with Crippen LogP contribution in [0.25, 0.3) is 0 Å². The Bertz CT molecular complexity index is 197. The first-order chi connectivity index (χ1) is 8.12. The minimum absolute atomic E-state index is 0.426. The number of nitrogens with one attached hydrogen (secondary N) is 1. The van der Waals surface area contributed by atoms with E-state index in [-0.39, 0.29) is 0 Å². The van der Waals surface area contributed by atoms with Crippen LogP contribution in [0.2, 0.25) is 0 Å². The van der Waals surface area contributed by atoms with Crippen LogP contribution in [-0.4, -0.2) is 51.8 Å². The molecule has 1 atom stereocenters. The van der Waals surface area contributed by atoms with Gasteiger partial charge in [-0.15, -0.1) is 0 Å². The number of hydrogen-bond acceptors (Lipinski definition) is 3. The van der Waals surface area contributed by atoms with Gasteiger partial charge in [-0.3, -0.25) is 0 Å². The molecule has 0 radical (unpaired) electrons. The molecule has 1 saturated heterocycles. The summed E-state index contributed by atoms with van der Waals surface area (Å²) in [5, 5.41) is 3.37. The average Bonchev–Trinajstić information content (AvgIpc) is 2.29. The summed E-state index contributed by atoms with van der Waals surface area (Å²) in [5.74, 6) is 0.798. The summed E-state index contributed by atoms with van der Waals surface area (Å²) >= 11 is 0. The molecule has 0 amide bonds. The van der Waals surface area contributed by atoms with Crippen molar-refractivity contribution in [1.82, 2.24) is 10.2 Å². The molecule has 102 valence electrons. The Labute approximate surface area is 107 Å². The highest BCUT2D eigenvalue weighted by molar-refractivity contribution is 4.86. The molecule has 1 aliphatic heterocycles. The Balaban J connectivity index is 2.47. The van der Waals surface area contributed by atoms with E-state index in [1.807, 2.05) is 0 Å². The van der Waals surface area contributed by atoms with E-state index < -0.39 is 0 Å². The van der Waals surface area contributed by atoms with Gasteiger partial charge in [0.1, 0.15) is 0 Å². The summed E-state index contributed by atoms with van der Waals surface area (Å²) in [5.41, 5.74) is 0.426. The quantitative estimate of drug-likeness (QED) is 0.739. The molecular weight excluding hydrogens is 212 g/mol. The lowest BCUT2D eigenvalue weighted by Gasteiger charge is -2.40. The van der Waals surface area contributed by atoms with Gasteiger partial charge in [-0.1, -0.05) is 20.3 Å². The molecule has 1 unspecified atom stereocenters. The highest BCUT2D eigenvalue weighted by Gasteiger charge is 2.33. The van der Waals surface area contributed by atoms with Gasteiger partial charge in [-0.25, -0.2) is 0 Å². The van der Waals surface area contributed by atoms with Crippen molar-refractivity contribution in [3.63, 3.8) is 0 Å². The molecule has 1 N–H and O–H groups in total. The van der Waals surface area contributed by atoms with E-state index in [1.54, 1.807) is 0 Å². The molecule has 1 fully saturated rings. The number of hydrogen-bond donors (Lipinski definition) is 1. The van der Waals surface area contributed by atoms with Gasteiger partial charge in [0.2, 0.25) is 0 Å². The van der Waals surface area contributed by atoms with Crippen LogP contribution in [0.1, 0.15) is 33.1 Å². The van der Waals surface area contributed by atoms with Crippen molar-refractivity contribution in [2.24, 2.45) is 11.3 Å². The molecule has 0 spiro atoms. The SMILES string of the molecule is CCC(C)CN(C)CC1(CNC)CCOCC1. The Kier molecular flexibility index (Phi) is 6.45. The summed E-state index contributed by atoms with van der Waals surface area (Å²) in [6, 6.07) is 0. The molecule has 3 heteroatoms. The molecule has 0 aliphatic carbocycles. The zero-order chi connectivity index (χ0) is 12.7. The van der Waals surface area contributed by atoms with E-state index in [2.05, 4.69) is 38.2 Å². The van der Waals surface area contributed by atoms with Crippen LogP contribution >= 0.6 is 0 Å². The fourth-order valence-electron chi connectivity index (χ4n) is 2.87. The van der Waals surface area contributed by atoms with Crippen LogP contribution in [-0.2, 0) is 4.74 Å². The molecule has 0 aromatic rings. The summed E-state index contributed by atoms with van der Waals surface area (Å²) in [6.07, 6.45) is 3.66. The van der Waals surface area contributed by atoms with E-state index in [0.717, 1.165) is 25.7 Å². The lowest BCUT2D eigenvalue weighted by molar-refractivity contribution is -0.00129. The minimum atomic E-state index is 0.426. The third-order valence-electron chi connectivity index (χ3n) is 4.03. The second-order valence-electron chi connectivity index (χ2n) is 5.85. The summed E-state index contributed by atoms with van der Waals surface area (Å²) in [4.78, 5) is 2.51. The zero-order valence-corrected chi connectivity index (χ0v) is 12.1. The fourth-order valence-corrected chi connectivity index (χ4v) is 2.87. The molecule has 17 heavy (non-hydrogen) atoms. The Morgan fingerprint density at radius 1 is 1.35 bits per heavy atom. The topological polar surface area (TPSA) is 24.5 Å². The lowest BCUT2D eigenvalue weighted by Crippen LogP contribution is -2.46. The maximum absolute atomic E-state index is 5.51. The van der Waals surface area contributed by atoms with E-state index in [9.17, 15) is 0 Å². The molecule has 1 rings (SSSR count). The van der Waals surface area contributed by atoms with Gasteiger partial charge < -0.3 is 15.0 Å². The number of ether oxygens (including phenoxy) is 1. The second-order valence-corrected chi connectivity index (χ2v) is 5.85. The highest BCUT2D eigenvalue weighted by Crippen LogP contribution is 2.30. The molecule has 1 heterocycles. The van der Waals surface area contributed by atoms with Gasteiger partial charge in [-0.05, 0) is 38.3 Å². The van der Waals surface area contributed by atoms with Gasteiger partial charge in [-0.2, -0.15) is 0 Å². The van der Waals surface area contributed by atoms with Crippen molar-refractivity contribution in [2.75, 3.05) is 46.9 Å². The predicted molar refractivity (Wildman–Crippen MR) is 73.4 cm³/mol. The van der Waals surface area contributed by atoms with Crippen molar-refractivity contribution in [3.8, 4) is 0 Å². The number of nitrogens with zero attached hydrogens (tertiary/aromatic N) is 1. The Morgan fingerprint density at radius 3 is 2.53 bits per heavy atom.